The van der Waals surface area contributed by atoms with Gasteiger partial charge >= 0.3 is 0 Å². The molecule has 2 aromatic rings. The van der Waals surface area contributed by atoms with Crippen molar-refractivity contribution in [2.24, 2.45) is 0 Å². The molecule has 0 atom stereocenters. The Bertz CT molecular complexity index is 545. The molecule has 0 bridgehead atoms. The number of thiazole rings is 1. The fourth-order valence-electron chi connectivity index (χ4n) is 1.34. The van der Waals surface area contributed by atoms with Gasteiger partial charge in [0.05, 0.1) is 10.6 Å². The lowest BCUT2D eigenvalue weighted by Crippen LogP contribution is -2.26. The van der Waals surface area contributed by atoms with Gasteiger partial charge in [-0.3, -0.25) is 4.79 Å². The molecule has 0 unspecified atom stereocenters. The Morgan fingerprint density at radius 2 is 2.22 bits per heavy atom. The number of hydrogen-bond donors (Lipinski definition) is 1. The van der Waals surface area contributed by atoms with Gasteiger partial charge in [0.2, 0.25) is 0 Å². The lowest BCUT2D eigenvalue weighted by Gasteiger charge is -2.05. The number of nitrogens with one attached hydrogen (secondary N) is 1. The van der Waals surface area contributed by atoms with Crippen LogP contribution in [0.15, 0.2) is 23.7 Å². The van der Waals surface area contributed by atoms with Crippen molar-refractivity contribution < 1.29 is 4.79 Å². The van der Waals surface area contributed by atoms with Crippen molar-refractivity contribution in [3.8, 4) is 0 Å². The molecule has 0 aromatic carbocycles. The Kier molecular flexibility index (Phi) is 4.52. The molecule has 0 fully saturated rings. The van der Waals surface area contributed by atoms with Gasteiger partial charge < -0.3 is 5.32 Å². The molecule has 7 heteroatoms. The van der Waals surface area contributed by atoms with E-state index in [4.69, 9.17) is 23.2 Å². The minimum absolute atomic E-state index is 0.106. The zero-order valence-corrected chi connectivity index (χ0v) is 11.5. The van der Waals surface area contributed by atoms with Crippen molar-refractivity contribution in [3.63, 3.8) is 0 Å². The molecule has 0 saturated heterocycles. The molecule has 0 saturated carbocycles. The number of rotatable bonds is 4. The summed E-state index contributed by atoms with van der Waals surface area (Å²) >= 11 is 13.1. The first kappa shape index (κ1) is 13.3. The fraction of sp³-hybridized carbons (Fsp3) is 0.182. The topological polar surface area (TPSA) is 54.9 Å². The molecule has 1 N–H and O–H groups in total. The maximum absolute atomic E-state index is 11.8. The summed E-state index contributed by atoms with van der Waals surface area (Å²) in [5.74, 6) is -0.263. The molecular weight excluding hydrogens is 293 g/mol. The Morgan fingerprint density at radius 3 is 2.89 bits per heavy atom. The third-order valence-corrected chi connectivity index (χ3v) is 3.51. The Labute approximate surface area is 118 Å². The smallest absolute Gasteiger partial charge is 0.254 e. The van der Waals surface area contributed by atoms with E-state index < -0.39 is 0 Å². The lowest BCUT2D eigenvalue weighted by molar-refractivity contribution is 0.0954. The highest BCUT2D eigenvalue weighted by Gasteiger charge is 2.11. The van der Waals surface area contributed by atoms with Crippen LogP contribution in [0.3, 0.4) is 0 Å². The summed E-state index contributed by atoms with van der Waals surface area (Å²) in [5, 5.41) is 6.01. The summed E-state index contributed by atoms with van der Waals surface area (Å²) in [6.07, 6.45) is 2.43. The van der Waals surface area contributed by atoms with Crippen LogP contribution in [0, 0.1) is 0 Å². The highest BCUT2D eigenvalue weighted by Crippen LogP contribution is 2.16. The van der Waals surface area contributed by atoms with Gasteiger partial charge in [-0.25, -0.2) is 9.97 Å². The lowest BCUT2D eigenvalue weighted by atomic mass is 10.2. The molecule has 0 aliphatic heterocycles. The number of pyridine rings is 1. The van der Waals surface area contributed by atoms with Crippen molar-refractivity contribution in [3.05, 3.63) is 44.6 Å². The molecular formula is C11H9Cl2N3OS. The van der Waals surface area contributed by atoms with Gasteiger partial charge in [0, 0.05) is 24.5 Å². The molecule has 1 amide bonds. The van der Waals surface area contributed by atoms with Crippen LogP contribution < -0.4 is 5.32 Å². The molecule has 18 heavy (non-hydrogen) atoms. The van der Waals surface area contributed by atoms with Gasteiger partial charge in [-0.15, -0.1) is 11.3 Å². The van der Waals surface area contributed by atoms with E-state index in [2.05, 4.69) is 15.3 Å². The number of halogens is 2. The van der Waals surface area contributed by atoms with Gasteiger partial charge in [-0.2, -0.15) is 0 Å². The monoisotopic (exact) mass is 301 g/mol. The standard InChI is InChI=1S/C11H9Cl2N3OS/c12-8-2-1-7(10(13)16-8)11(17)15-4-3-9-14-5-6-18-9/h1-2,5-6H,3-4H2,(H,15,17). The minimum Gasteiger partial charge on any atom is -0.352 e. The zero-order valence-electron chi connectivity index (χ0n) is 9.19. The predicted molar refractivity (Wildman–Crippen MR) is 72.4 cm³/mol. The minimum atomic E-state index is -0.263. The van der Waals surface area contributed by atoms with E-state index in [-0.39, 0.29) is 16.2 Å². The second kappa shape index (κ2) is 6.13. The summed E-state index contributed by atoms with van der Waals surface area (Å²) < 4.78 is 0. The van der Waals surface area contributed by atoms with Crippen molar-refractivity contribution >= 4 is 40.4 Å². The first-order valence-corrected chi connectivity index (χ1v) is 6.79. The Balaban J connectivity index is 1.91. The average Bonchev–Trinajstić information content (AvgIpc) is 2.81. The average molecular weight is 302 g/mol. The summed E-state index contributed by atoms with van der Waals surface area (Å²) in [7, 11) is 0. The molecule has 4 nitrogen and oxygen atoms in total. The highest BCUT2D eigenvalue weighted by molar-refractivity contribution is 7.09. The molecule has 0 aliphatic rings. The Morgan fingerprint density at radius 1 is 1.39 bits per heavy atom. The van der Waals surface area contributed by atoms with E-state index in [9.17, 15) is 4.79 Å². The largest absolute Gasteiger partial charge is 0.352 e. The van der Waals surface area contributed by atoms with E-state index >= 15 is 0 Å². The van der Waals surface area contributed by atoms with E-state index in [1.165, 1.54) is 6.07 Å². The van der Waals surface area contributed by atoms with E-state index in [0.717, 1.165) is 5.01 Å². The van der Waals surface area contributed by atoms with Crippen LogP contribution in [0.4, 0.5) is 0 Å². The van der Waals surface area contributed by atoms with E-state index in [1.807, 2.05) is 5.38 Å². The maximum Gasteiger partial charge on any atom is 0.254 e. The molecule has 0 aliphatic carbocycles. The number of carbonyl (C=O) groups excluding carboxylic acids is 1. The number of amides is 1. The summed E-state index contributed by atoms with van der Waals surface area (Å²) in [4.78, 5) is 19.7. The second-order valence-electron chi connectivity index (χ2n) is 3.40. The number of hydrogen-bond acceptors (Lipinski definition) is 4. The van der Waals surface area contributed by atoms with Gasteiger partial charge in [0.25, 0.3) is 5.91 Å². The number of aromatic nitrogens is 2. The normalized spacial score (nSPS) is 10.3. The van der Waals surface area contributed by atoms with Crippen LogP contribution in [0.1, 0.15) is 15.4 Å². The van der Waals surface area contributed by atoms with Crippen molar-refractivity contribution in [1.82, 2.24) is 15.3 Å². The van der Waals surface area contributed by atoms with Crippen LogP contribution in [0.5, 0.6) is 0 Å². The highest BCUT2D eigenvalue weighted by atomic mass is 35.5. The van der Waals surface area contributed by atoms with Crippen molar-refractivity contribution in [2.45, 2.75) is 6.42 Å². The summed E-state index contributed by atoms with van der Waals surface area (Å²) in [6.45, 7) is 0.505. The third-order valence-electron chi connectivity index (χ3n) is 2.17. The van der Waals surface area contributed by atoms with E-state index in [0.29, 0.717) is 18.5 Å². The van der Waals surface area contributed by atoms with Gasteiger partial charge in [-0.1, -0.05) is 23.2 Å². The van der Waals surface area contributed by atoms with Crippen molar-refractivity contribution in [1.29, 1.82) is 0 Å². The number of carbonyl (C=O) groups is 1. The molecule has 0 spiro atoms. The van der Waals surface area contributed by atoms with Gasteiger partial charge in [0.15, 0.2) is 0 Å². The second-order valence-corrected chi connectivity index (χ2v) is 5.13. The predicted octanol–water partition coefficient (Wildman–Crippen LogP) is 2.82. The molecule has 2 aromatic heterocycles. The molecule has 94 valence electrons. The van der Waals surface area contributed by atoms with Crippen molar-refractivity contribution in [2.75, 3.05) is 6.54 Å². The van der Waals surface area contributed by atoms with Crippen LogP contribution >= 0.6 is 34.5 Å². The quantitative estimate of drug-likeness (QED) is 0.884. The SMILES string of the molecule is O=C(NCCc1nccs1)c1ccc(Cl)nc1Cl. The first-order valence-electron chi connectivity index (χ1n) is 5.15. The van der Waals surface area contributed by atoms with Crippen LogP contribution in [0.2, 0.25) is 10.3 Å². The summed E-state index contributed by atoms with van der Waals surface area (Å²) in [6, 6.07) is 3.08. The molecule has 2 heterocycles. The van der Waals surface area contributed by atoms with E-state index in [1.54, 1.807) is 23.6 Å². The zero-order chi connectivity index (χ0) is 13.0. The fourth-order valence-corrected chi connectivity index (χ4v) is 2.39. The molecule has 0 radical (unpaired) electrons. The van der Waals surface area contributed by atoms with Crippen LogP contribution in [-0.2, 0) is 6.42 Å². The molecule has 2 rings (SSSR count). The van der Waals surface area contributed by atoms with Gasteiger partial charge in [0.1, 0.15) is 10.3 Å². The maximum atomic E-state index is 11.8. The third kappa shape index (κ3) is 3.41. The number of nitrogens with zero attached hydrogens (tertiary/aromatic N) is 2. The Hall–Kier alpha value is -1.17. The summed E-state index contributed by atoms with van der Waals surface area (Å²) in [5.41, 5.74) is 0.320. The van der Waals surface area contributed by atoms with Gasteiger partial charge in [-0.05, 0) is 12.1 Å². The first-order chi connectivity index (χ1) is 8.66. The van der Waals surface area contributed by atoms with Crippen LogP contribution in [-0.4, -0.2) is 22.4 Å². The van der Waals surface area contributed by atoms with Crippen LogP contribution in [0.25, 0.3) is 0 Å².